The molecule has 0 aliphatic carbocycles. The summed E-state index contributed by atoms with van der Waals surface area (Å²) >= 11 is 0. The van der Waals surface area contributed by atoms with Gasteiger partial charge in [0.25, 0.3) is 0 Å². The summed E-state index contributed by atoms with van der Waals surface area (Å²) in [6, 6.07) is 0. The van der Waals surface area contributed by atoms with Gasteiger partial charge in [0.15, 0.2) is 8.32 Å². The summed E-state index contributed by atoms with van der Waals surface area (Å²) in [4.78, 5) is 0. The first-order chi connectivity index (χ1) is 5.62. The number of hydrogen-bond acceptors (Lipinski definition) is 1. The van der Waals surface area contributed by atoms with Gasteiger partial charge in [-0.3, -0.25) is 0 Å². The summed E-state index contributed by atoms with van der Waals surface area (Å²) < 4.78 is 5.73. The fourth-order valence-electron chi connectivity index (χ4n) is 1.51. The monoisotopic (exact) mass is 202 g/mol. The van der Waals surface area contributed by atoms with Crippen LogP contribution >= 0.6 is 0 Å². The molecule has 0 N–H and O–H groups in total. The fraction of sp³-hybridized carbons (Fsp3) is 1.00. The molecule has 0 atom stereocenters. The average molecular weight is 202 g/mol. The van der Waals surface area contributed by atoms with E-state index in [0.29, 0.717) is 10.5 Å². The molecule has 80 valence electrons. The van der Waals surface area contributed by atoms with Crippen molar-refractivity contribution in [1.29, 1.82) is 0 Å². The van der Waals surface area contributed by atoms with E-state index in [9.17, 15) is 0 Å². The molecule has 0 heterocycles. The maximum Gasteiger partial charge on any atom is 0.192 e. The highest BCUT2D eigenvalue weighted by molar-refractivity contribution is 6.74. The lowest BCUT2D eigenvalue weighted by Gasteiger charge is -2.49. The Bertz CT molecular complexity index is 153. The van der Waals surface area contributed by atoms with Crippen molar-refractivity contribution in [3.8, 4) is 0 Å². The van der Waals surface area contributed by atoms with E-state index < -0.39 is 8.32 Å². The van der Waals surface area contributed by atoms with E-state index in [0.717, 1.165) is 0 Å². The minimum absolute atomic E-state index is 0.309. The van der Waals surface area contributed by atoms with Crippen LogP contribution < -0.4 is 0 Å². The molecule has 0 radical (unpaired) electrons. The van der Waals surface area contributed by atoms with Gasteiger partial charge in [0.2, 0.25) is 0 Å². The van der Waals surface area contributed by atoms with E-state index >= 15 is 0 Å². The molecular formula is C11H26OSi. The predicted molar refractivity (Wildman–Crippen MR) is 62.6 cm³/mol. The third-order valence-corrected chi connectivity index (χ3v) is 9.30. The number of hydrogen-bond donors (Lipinski definition) is 0. The molecule has 2 heteroatoms. The maximum atomic E-state index is 5.73. The second-order valence-corrected chi connectivity index (χ2v) is 10.3. The van der Waals surface area contributed by atoms with Crippen LogP contribution in [0.2, 0.25) is 18.1 Å². The second kappa shape index (κ2) is 3.74. The summed E-state index contributed by atoms with van der Waals surface area (Å²) in [6.45, 7) is 16.3. The third-order valence-electron chi connectivity index (χ3n) is 4.59. The van der Waals surface area contributed by atoms with Crippen molar-refractivity contribution in [3.05, 3.63) is 0 Å². The van der Waals surface area contributed by atoms with Crippen LogP contribution in [-0.2, 0) is 4.43 Å². The molecule has 0 amide bonds. The van der Waals surface area contributed by atoms with Gasteiger partial charge in [0.1, 0.15) is 0 Å². The highest BCUT2D eigenvalue weighted by atomic mass is 28.4. The molecular weight excluding hydrogens is 176 g/mol. The quantitative estimate of drug-likeness (QED) is 0.625. The van der Waals surface area contributed by atoms with Crippen LogP contribution in [0.4, 0.5) is 0 Å². The van der Waals surface area contributed by atoms with Gasteiger partial charge in [-0.15, -0.1) is 0 Å². The predicted octanol–water partition coefficient (Wildman–Crippen LogP) is 4.05. The molecule has 13 heavy (non-hydrogen) atoms. The lowest BCUT2D eigenvalue weighted by molar-refractivity contribution is 0.212. The Labute approximate surface area is 85.0 Å². The summed E-state index contributed by atoms with van der Waals surface area (Å²) in [5.41, 5.74) is 0.360. The van der Waals surface area contributed by atoms with Crippen LogP contribution in [0.25, 0.3) is 0 Å². The molecule has 0 aliphatic heterocycles. The normalized spacial score (nSPS) is 14.8. The van der Waals surface area contributed by atoms with E-state index in [-0.39, 0.29) is 0 Å². The lowest BCUT2D eigenvalue weighted by Crippen LogP contribution is -2.49. The molecule has 0 fully saturated rings. The topological polar surface area (TPSA) is 9.23 Å². The molecule has 1 nitrogen and oxygen atoms in total. The Kier molecular flexibility index (Phi) is 3.79. The van der Waals surface area contributed by atoms with Crippen molar-refractivity contribution in [1.82, 2.24) is 0 Å². The smallest absolute Gasteiger partial charge is 0.192 e. The van der Waals surface area contributed by atoms with E-state index in [4.69, 9.17) is 4.43 Å². The molecule has 0 aromatic rings. The minimum Gasteiger partial charge on any atom is -0.420 e. The Morgan fingerprint density at radius 2 is 1.46 bits per heavy atom. The summed E-state index contributed by atoms with van der Waals surface area (Å²) in [6.07, 6.45) is 1.21. The molecule has 0 unspecified atom stereocenters. The van der Waals surface area contributed by atoms with Crippen LogP contribution in [0.3, 0.4) is 0 Å². The zero-order valence-electron chi connectivity index (χ0n) is 10.6. The van der Waals surface area contributed by atoms with Gasteiger partial charge in [-0.1, -0.05) is 41.0 Å². The third kappa shape index (κ3) is 2.16. The fourth-order valence-corrected chi connectivity index (χ4v) is 3.83. The largest absolute Gasteiger partial charge is 0.420 e. The zero-order chi connectivity index (χ0) is 10.9. The lowest BCUT2D eigenvalue weighted by atomic mass is 9.78. The molecule has 0 bridgehead atoms. The molecule has 0 aliphatic rings. The van der Waals surface area contributed by atoms with E-state index in [1.54, 1.807) is 0 Å². The second-order valence-electron chi connectivity index (χ2n) is 5.58. The van der Waals surface area contributed by atoms with Crippen LogP contribution in [0.1, 0.15) is 41.0 Å². The molecule has 0 saturated heterocycles. The van der Waals surface area contributed by atoms with Crippen molar-refractivity contribution in [2.75, 3.05) is 7.11 Å². The van der Waals surface area contributed by atoms with Crippen molar-refractivity contribution in [2.24, 2.45) is 5.41 Å². The van der Waals surface area contributed by atoms with Crippen molar-refractivity contribution in [3.63, 3.8) is 0 Å². The van der Waals surface area contributed by atoms with E-state index in [1.807, 2.05) is 7.11 Å². The molecule has 0 rings (SSSR count). The highest BCUT2D eigenvalue weighted by Gasteiger charge is 2.49. The Morgan fingerprint density at radius 1 is 1.08 bits per heavy atom. The van der Waals surface area contributed by atoms with Crippen molar-refractivity contribution in [2.45, 2.75) is 59.2 Å². The first-order valence-electron chi connectivity index (χ1n) is 5.17. The highest BCUT2D eigenvalue weighted by Crippen LogP contribution is 2.53. The van der Waals surface area contributed by atoms with Gasteiger partial charge < -0.3 is 4.43 Å². The Balaban J connectivity index is 4.95. The van der Waals surface area contributed by atoms with Crippen LogP contribution in [-0.4, -0.2) is 15.4 Å². The minimum atomic E-state index is -1.56. The van der Waals surface area contributed by atoms with Gasteiger partial charge in [0.05, 0.1) is 0 Å². The standard InChI is InChI=1S/C11H26OSi/c1-9-10(2,3)11(4,5)13(7,8)12-6/h9H2,1-8H3. The molecule has 0 aromatic heterocycles. The summed E-state index contributed by atoms with van der Waals surface area (Å²) in [5, 5.41) is 0.309. The molecule has 0 aromatic carbocycles. The van der Waals surface area contributed by atoms with Gasteiger partial charge in [-0.2, -0.15) is 0 Å². The maximum absolute atomic E-state index is 5.73. The zero-order valence-corrected chi connectivity index (χ0v) is 11.6. The van der Waals surface area contributed by atoms with Gasteiger partial charge in [-0.05, 0) is 23.5 Å². The first kappa shape index (κ1) is 13.2. The first-order valence-corrected chi connectivity index (χ1v) is 8.08. The van der Waals surface area contributed by atoms with Gasteiger partial charge in [0, 0.05) is 7.11 Å². The average Bonchev–Trinajstić information content (AvgIpc) is 2.03. The number of rotatable bonds is 4. The Morgan fingerprint density at radius 3 is 1.69 bits per heavy atom. The summed E-state index contributed by atoms with van der Waals surface area (Å²) in [5.74, 6) is 0. The SMILES string of the molecule is CCC(C)(C)C(C)(C)[Si](C)(C)OC. The molecule has 0 saturated carbocycles. The van der Waals surface area contributed by atoms with Crippen LogP contribution in [0, 0.1) is 5.41 Å². The van der Waals surface area contributed by atoms with Crippen molar-refractivity contribution >= 4 is 8.32 Å². The van der Waals surface area contributed by atoms with Crippen LogP contribution in [0.5, 0.6) is 0 Å². The molecule has 0 spiro atoms. The van der Waals surface area contributed by atoms with Crippen molar-refractivity contribution < 1.29 is 4.43 Å². The van der Waals surface area contributed by atoms with Gasteiger partial charge >= 0.3 is 0 Å². The van der Waals surface area contributed by atoms with Gasteiger partial charge in [-0.25, -0.2) is 0 Å². The summed E-state index contributed by atoms with van der Waals surface area (Å²) in [7, 11) is 0.300. The van der Waals surface area contributed by atoms with E-state index in [1.165, 1.54) is 6.42 Å². The van der Waals surface area contributed by atoms with E-state index in [2.05, 4.69) is 47.7 Å². The Hall–Kier alpha value is 0.177. The van der Waals surface area contributed by atoms with Crippen LogP contribution in [0.15, 0.2) is 0 Å².